The predicted octanol–water partition coefficient (Wildman–Crippen LogP) is 3.62. The maximum absolute atomic E-state index is 5.97. The zero-order chi connectivity index (χ0) is 14.4. The van der Waals surface area contributed by atoms with E-state index in [2.05, 4.69) is 12.1 Å². The second-order valence-corrected chi connectivity index (χ2v) is 5.49. The first-order valence-corrected chi connectivity index (χ1v) is 7.40. The molecule has 0 atom stereocenters. The fourth-order valence-electron chi connectivity index (χ4n) is 1.84. The molecule has 0 aliphatic heterocycles. The molecule has 0 spiro atoms. The van der Waals surface area contributed by atoms with Crippen LogP contribution in [-0.2, 0) is 6.42 Å². The zero-order valence-electron chi connectivity index (χ0n) is 11.8. The topological polar surface area (TPSA) is 44.5 Å². The molecule has 0 heterocycles. The largest absolute Gasteiger partial charge is 0.497 e. The Morgan fingerprint density at radius 3 is 2.25 bits per heavy atom. The molecule has 2 aromatic carbocycles. The minimum Gasteiger partial charge on any atom is -0.497 e. The van der Waals surface area contributed by atoms with E-state index >= 15 is 0 Å². The SMILES string of the molecule is COc1ccc(CCSc2cc(OC)ccc2N)cc1. The summed E-state index contributed by atoms with van der Waals surface area (Å²) in [5.41, 5.74) is 8.06. The van der Waals surface area contributed by atoms with Crippen molar-refractivity contribution in [1.82, 2.24) is 0 Å². The van der Waals surface area contributed by atoms with E-state index in [9.17, 15) is 0 Å². The minimum atomic E-state index is 0.797. The molecule has 0 saturated heterocycles. The molecular weight excluding hydrogens is 270 g/mol. The Bertz CT molecular complexity index is 555. The standard InChI is InChI=1S/C16H19NO2S/c1-18-13-5-3-12(4-6-13)9-10-20-16-11-14(19-2)7-8-15(16)17/h3-8,11H,9-10,17H2,1-2H3. The van der Waals surface area contributed by atoms with E-state index < -0.39 is 0 Å². The summed E-state index contributed by atoms with van der Waals surface area (Å²) in [6.07, 6.45) is 0.991. The molecule has 0 aliphatic rings. The third kappa shape index (κ3) is 3.84. The minimum absolute atomic E-state index is 0.797. The fourth-order valence-corrected chi connectivity index (χ4v) is 2.83. The Balaban J connectivity index is 1.91. The normalized spacial score (nSPS) is 10.3. The Hall–Kier alpha value is -1.81. The van der Waals surface area contributed by atoms with Crippen LogP contribution in [0.15, 0.2) is 47.4 Å². The van der Waals surface area contributed by atoms with Gasteiger partial charge in [-0.15, -0.1) is 11.8 Å². The Morgan fingerprint density at radius 2 is 1.60 bits per heavy atom. The van der Waals surface area contributed by atoms with Crippen molar-refractivity contribution in [2.75, 3.05) is 25.7 Å². The molecule has 0 fully saturated rings. The van der Waals surface area contributed by atoms with Crippen LogP contribution in [0, 0.1) is 0 Å². The number of benzene rings is 2. The number of methoxy groups -OCH3 is 2. The van der Waals surface area contributed by atoms with Crippen molar-refractivity contribution in [3.05, 3.63) is 48.0 Å². The van der Waals surface area contributed by atoms with E-state index in [0.29, 0.717) is 0 Å². The van der Waals surface area contributed by atoms with Gasteiger partial charge in [-0.05, 0) is 42.3 Å². The summed E-state index contributed by atoms with van der Waals surface area (Å²) in [6, 6.07) is 13.9. The predicted molar refractivity (Wildman–Crippen MR) is 84.8 cm³/mol. The van der Waals surface area contributed by atoms with Gasteiger partial charge in [-0.3, -0.25) is 0 Å². The molecule has 2 N–H and O–H groups in total. The van der Waals surface area contributed by atoms with Crippen molar-refractivity contribution in [3.63, 3.8) is 0 Å². The lowest BCUT2D eigenvalue weighted by Crippen LogP contribution is -1.93. The number of nitrogens with two attached hydrogens (primary N) is 1. The lowest BCUT2D eigenvalue weighted by molar-refractivity contribution is 0.414. The molecular formula is C16H19NO2S. The number of anilines is 1. The highest BCUT2D eigenvalue weighted by Crippen LogP contribution is 2.29. The highest BCUT2D eigenvalue weighted by atomic mass is 32.2. The van der Waals surface area contributed by atoms with Crippen LogP contribution in [0.4, 0.5) is 5.69 Å². The van der Waals surface area contributed by atoms with Gasteiger partial charge in [-0.25, -0.2) is 0 Å². The third-order valence-electron chi connectivity index (χ3n) is 3.03. The van der Waals surface area contributed by atoms with Crippen molar-refractivity contribution in [2.24, 2.45) is 0 Å². The van der Waals surface area contributed by atoms with E-state index in [1.165, 1.54) is 5.56 Å². The van der Waals surface area contributed by atoms with Crippen molar-refractivity contribution < 1.29 is 9.47 Å². The third-order valence-corrected chi connectivity index (χ3v) is 4.10. The van der Waals surface area contributed by atoms with Crippen LogP contribution >= 0.6 is 11.8 Å². The van der Waals surface area contributed by atoms with Crippen molar-refractivity contribution in [3.8, 4) is 11.5 Å². The molecule has 0 aromatic heterocycles. The lowest BCUT2D eigenvalue weighted by Gasteiger charge is -2.08. The smallest absolute Gasteiger partial charge is 0.120 e. The zero-order valence-corrected chi connectivity index (χ0v) is 12.6. The van der Waals surface area contributed by atoms with Crippen molar-refractivity contribution in [1.29, 1.82) is 0 Å². The van der Waals surface area contributed by atoms with Crippen LogP contribution in [-0.4, -0.2) is 20.0 Å². The summed E-state index contributed by atoms with van der Waals surface area (Å²) in [5, 5.41) is 0. The second-order valence-electron chi connectivity index (χ2n) is 4.35. The first kappa shape index (κ1) is 14.6. The van der Waals surface area contributed by atoms with Crippen molar-refractivity contribution in [2.45, 2.75) is 11.3 Å². The molecule has 0 unspecified atom stereocenters. The summed E-state index contributed by atoms with van der Waals surface area (Å²) in [7, 11) is 3.34. The molecule has 0 amide bonds. The molecule has 20 heavy (non-hydrogen) atoms. The molecule has 0 saturated carbocycles. The number of hydrogen-bond donors (Lipinski definition) is 1. The van der Waals surface area contributed by atoms with Gasteiger partial charge in [0.05, 0.1) is 14.2 Å². The summed E-state index contributed by atoms with van der Waals surface area (Å²) in [4.78, 5) is 1.07. The molecule has 0 aliphatic carbocycles. The average molecular weight is 289 g/mol. The number of nitrogen functional groups attached to an aromatic ring is 1. The Kier molecular flexibility index (Phi) is 5.18. The van der Waals surface area contributed by atoms with Crippen LogP contribution in [0.1, 0.15) is 5.56 Å². The van der Waals surface area contributed by atoms with Gasteiger partial charge in [0.1, 0.15) is 11.5 Å². The molecule has 4 heteroatoms. The Morgan fingerprint density at radius 1 is 0.950 bits per heavy atom. The summed E-state index contributed by atoms with van der Waals surface area (Å²) < 4.78 is 10.4. The molecule has 106 valence electrons. The number of hydrogen-bond acceptors (Lipinski definition) is 4. The fraction of sp³-hybridized carbons (Fsp3) is 0.250. The van der Waals surface area contributed by atoms with E-state index in [1.807, 2.05) is 30.3 Å². The van der Waals surface area contributed by atoms with Crippen LogP contribution in [0.3, 0.4) is 0 Å². The quantitative estimate of drug-likeness (QED) is 0.651. The number of thioether (sulfide) groups is 1. The lowest BCUT2D eigenvalue weighted by atomic mass is 10.2. The van der Waals surface area contributed by atoms with Gasteiger partial charge in [-0.1, -0.05) is 12.1 Å². The van der Waals surface area contributed by atoms with E-state index in [-0.39, 0.29) is 0 Å². The maximum Gasteiger partial charge on any atom is 0.120 e. The molecule has 2 aromatic rings. The van der Waals surface area contributed by atoms with E-state index in [0.717, 1.165) is 34.3 Å². The number of rotatable bonds is 6. The van der Waals surface area contributed by atoms with Crippen LogP contribution in [0.2, 0.25) is 0 Å². The molecule has 0 bridgehead atoms. The van der Waals surface area contributed by atoms with Crippen LogP contribution in [0.5, 0.6) is 11.5 Å². The average Bonchev–Trinajstić information content (AvgIpc) is 2.50. The van der Waals surface area contributed by atoms with Gasteiger partial charge in [0.2, 0.25) is 0 Å². The van der Waals surface area contributed by atoms with Crippen LogP contribution in [0.25, 0.3) is 0 Å². The highest BCUT2D eigenvalue weighted by Gasteiger charge is 2.03. The van der Waals surface area contributed by atoms with Gasteiger partial charge in [0.25, 0.3) is 0 Å². The van der Waals surface area contributed by atoms with E-state index in [1.54, 1.807) is 26.0 Å². The van der Waals surface area contributed by atoms with Gasteiger partial charge in [0, 0.05) is 16.3 Å². The first-order chi connectivity index (χ1) is 9.72. The van der Waals surface area contributed by atoms with Gasteiger partial charge < -0.3 is 15.2 Å². The van der Waals surface area contributed by atoms with E-state index in [4.69, 9.17) is 15.2 Å². The second kappa shape index (κ2) is 7.10. The summed E-state index contributed by atoms with van der Waals surface area (Å²) >= 11 is 1.75. The van der Waals surface area contributed by atoms with Gasteiger partial charge in [-0.2, -0.15) is 0 Å². The molecule has 2 rings (SSSR count). The number of aryl methyl sites for hydroxylation is 1. The maximum atomic E-state index is 5.97. The highest BCUT2D eigenvalue weighted by molar-refractivity contribution is 7.99. The summed E-state index contributed by atoms with van der Waals surface area (Å²) in [6.45, 7) is 0. The van der Waals surface area contributed by atoms with Crippen LogP contribution < -0.4 is 15.2 Å². The molecule has 3 nitrogen and oxygen atoms in total. The Labute approximate surface area is 124 Å². The number of ether oxygens (including phenoxy) is 2. The van der Waals surface area contributed by atoms with Gasteiger partial charge in [0.15, 0.2) is 0 Å². The van der Waals surface area contributed by atoms with Gasteiger partial charge >= 0.3 is 0 Å². The molecule has 0 radical (unpaired) electrons. The summed E-state index contributed by atoms with van der Waals surface area (Å²) in [5.74, 6) is 2.70. The van der Waals surface area contributed by atoms with Crippen molar-refractivity contribution >= 4 is 17.4 Å². The monoisotopic (exact) mass is 289 g/mol. The first-order valence-electron chi connectivity index (χ1n) is 6.42.